The van der Waals surface area contributed by atoms with E-state index in [4.69, 9.17) is 5.73 Å². The van der Waals surface area contributed by atoms with Crippen LogP contribution in [0.4, 0.5) is 8.78 Å². The highest BCUT2D eigenvalue weighted by molar-refractivity contribution is 7.89. The van der Waals surface area contributed by atoms with Crippen molar-refractivity contribution in [2.24, 2.45) is 11.7 Å². The van der Waals surface area contributed by atoms with Crippen LogP contribution in [0.1, 0.15) is 19.8 Å². The summed E-state index contributed by atoms with van der Waals surface area (Å²) in [6.45, 7) is 1.78. The first-order valence-corrected chi connectivity index (χ1v) is 7.46. The lowest BCUT2D eigenvalue weighted by molar-refractivity contribution is 0.373. The Morgan fingerprint density at radius 1 is 1.40 bits per heavy atom. The molecule has 1 fully saturated rings. The molecule has 8 heteroatoms. The van der Waals surface area contributed by atoms with E-state index < -0.39 is 32.1 Å². The van der Waals surface area contributed by atoms with Crippen molar-refractivity contribution < 1.29 is 17.2 Å². The molecule has 2 rings (SSSR count). The molecule has 1 aromatic carbocycles. The maximum absolute atomic E-state index is 13.5. The Morgan fingerprint density at radius 3 is 2.50 bits per heavy atom. The van der Waals surface area contributed by atoms with E-state index in [9.17, 15) is 17.2 Å². The van der Waals surface area contributed by atoms with Crippen LogP contribution < -0.4 is 10.5 Å². The summed E-state index contributed by atoms with van der Waals surface area (Å²) in [4.78, 5) is -0.687. The third kappa shape index (κ3) is 3.46. The molecule has 0 aromatic heterocycles. The standard InChI is InChI=1S/C12H16F2N2O2S.ClH/c1-12(7-15,8-2-3-8)16-19(17,18)11-6-9(13)4-5-10(11)14;/h4-6,8,16H,2-3,7,15H2,1H3;1H. The van der Waals surface area contributed by atoms with Crippen LogP contribution in [0.2, 0.25) is 0 Å². The van der Waals surface area contributed by atoms with Gasteiger partial charge < -0.3 is 5.73 Å². The van der Waals surface area contributed by atoms with Crippen LogP contribution in [-0.2, 0) is 10.0 Å². The van der Waals surface area contributed by atoms with Crippen molar-refractivity contribution in [3.05, 3.63) is 29.8 Å². The largest absolute Gasteiger partial charge is 0.329 e. The minimum atomic E-state index is -4.13. The third-order valence-corrected chi connectivity index (χ3v) is 5.08. The van der Waals surface area contributed by atoms with E-state index in [0.717, 1.165) is 25.0 Å². The van der Waals surface area contributed by atoms with Crippen LogP contribution in [0.25, 0.3) is 0 Å². The zero-order chi connectivity index (χ0) is 14.3. The Balaban J connectivity index is 0.00000200. The number of nitrogens with two attached hydrogens (primary N) is 1. The highest BCUT2D eigenvalue weighted by atomic mass is 35.5. The monoisotopic (exact) mass is 326 g/mol. The molecule has 4 nitrogen and oxygen atoms in total. The Labute approximate surface area is 123 Å². The summed E-state index contributed by atoms with van der Waals surface area (Å²) in [5.74, 6) is -1.64. The second-order valence-electron chi connectivity index (χ2n) is 5.08. The van der Waals surface area contributed by atoms with Crippen molar-refractivity contribution in [1.29, 1.82) is 0 Å². The molecule has 1 unspecified atom stereocenters. The first kappa shape index (κ1) is 17.3. The van der Waals surface area contributed by atoms with Crippen molar-refractivity contribution in [1.82, 2.24) is 4.72 Å². The zero-order valence-corrected chi connectivity index (χ0v) is 12.5. The van der Waals surface area contributed by atoms with Gasteiger partial charge in [-0.15, -0.1) is 12.4 Å². The second kappa shape index (κ2) is 5.93. The van der Waals surface area contributed by atoms with Gasteiger partial charge in [-0.1, -0.05) is 0 Å². The number of benzene rings is 1. The minimum Gasteiger partial charge on any atom is -0.329 e. The summed E-state index contributed by atoms with van der Waals surface area (Å²) in [7, 11) is -4.13. The number of hydrogen-bond acceptors (Lipinski definition) is 3. The molecule has 1 aromatic rings. The maximum atomic E-state index is 13.5. The van der Waals surface area contributed by atoms with Gasteiger partial charge in [0, 0.05) is 12.1 Å². The average Bonchev–Trinajstić information content (AvgIpc) is 3.15. The molecule has 1 aliphatic rings. The van der Waals surface area contributed by atoms with Crippen LogP contribution >= 0.6 is 12.4 Å². The highest BCUT2D eigenvalue weighted by Gasteiger charge is 2.43. The maximum Gasteiger partial charge on any atom is 0.244 e. The Morgan fingerprint density at radius 2 is 2.00 bits per heavy atom. The predicted molar refractivity (Wildman–Crippen MR) is 74.1 cm³/mol. The molecular weight excluding hydrogens is 310 g/mol. The number of halogens is 3. The van der Waals surface area contributed by atoms with E-state index in [1.165, 1.54) is 0 Å². The van der Waals surface area contributed by atoms with Gasteiger partial charge in [-0.3, -0.25) is 0 Å². The van der Waals surface area contributed by atoms with Gasteiger partial charge >= 0.3 is 0 Å². The molecule has 0 amide bonds. The smallest absolute Gasteiger partial charge is 0.244 e. The van der Waals surface area contributed by atoms with Gasteiger partial charge in [0.25, 0.3) is 0 Å². The van der Waals surface area contributed by atoms with Crippen molar-refractivity contribution in [2.45, 2.75) is 30.2 Å². The summed E-state index contributed by atoms with van der Waals surface area (Å²) in [6, 6.07) is 2.33. The Hall–Kier alpha value is -0.760. The Bertz CT molecular complexity index is 593. The molecular formula is C12H17ClF2N2O2S. The lowest BCUT2D eigenvalue weighted by atomic mass is 9.98. The number of hydrogen-bond donors (Lipinski definition) is 2. The first-order valence-electron chi connectivity index (χ1n) is 5.97. The lowest BCUT2D eigenvalue weighted by Crippen LogP contribution is -2.53. The van der Waals surface area contributed by atoms with Gasteiger partial charge in [0.1, 0.15) is 16.5 Å². The van der Waals surface area contributed by atoms with Crippen LogP contribution in [0, 0.1) is 17.6 Å². The summed E-state index contributed by atoms with van der Waals surface area (Å²) >= 11 is 0. The minimum absolute atomic E-state index is 0. The van der Waals surface area contributed by atoms with Gasteiger partial charge in [0.15, 0.2) is 0 Å². The van der Waals surface area contributed by atoms with E-state index in [-0.39, 0.29) is 24.9 Å². The summed E-state index contributed by atoms with van der Waals surface area (Å²) in [5, 5.41) is 0. The molecule has 3 N–H and O–H groups in total. The molecule has 1 aliphatic carbocycles. The van der Waals surface area contributed by atoms with Crippen molar-refractivity contribution in [3.8, 4) is 0 Å². The van der Waals surface area contributed by atoms with E-state index >= 15 is 0 Å². The van der Waals surface area contributed by atoms with Gasteiger partial charge in [-0.2, -0.15) is 0 Å². The molecule has 0 heterocycles. The summed E-state index contributed by atoms with van der Waals surface area (Å²) in [6.07, 6.45) is 1.75. The SMILES string of the molecule is CC(CN)(NS(=O)(=O)c1cc(F)ccc1F)C1CC1.Cl. The fraction of sp³-hybridized carbons (Fsp3) is 0.500. The molecule has 114 valence electrons. The predicted octanol–water partition coefficient (Wildman–Crippen LogP) is 1.79. The van der Waals surface area contributed by atoms with E-state index in [0.29, 0.717) is 6.07 Å². The third-order valence-electron chi connectivity index (χ3n) is 3.45. The van der Waals surface area contributed by atoms with Gasteiger partial charge in [-0.05, 0) is 43.9 Å². The van der Waals surface area contributed by atoms with Gasteiger partial charge in [0.2, 0.25) is 10.0 Å². The van der Waals surface area contributed by atoms with Crippen LogP contribution in [-0.4, -0.2) is 20.5 Å². The van der Waals surface area contributed by atoms with Gasteiger partial charge in [0.05, 0.1) is 0 Å². The van der Waals surface area contributed by atoms with E-state index in [2.05, 4.69) is 4.72 Å². The number of sulfonamides is 1. The van der Waals surface area contributed by atoms with E-state index in [1.54, 1.807) is 6.92 Å². The van der Waals surface area contributed by atoms with Crippen molar-refractivity contribution in [2.75, 3.05) is 6.54 Å². The normalized spacial score (nSPS) is 18.2. The molecule has 1 atom stereocenters. The fourth-order valence-corrected chi connectivity index (χ4v) is 3.62. The van der Waals surface area contributed by atoms with Gasteiger partial charge in [-0.25, -0.2) is 21.9 Å². The van der Waals surface area contributed by atoms with E-state index in [1.807, 2.05) is 0 Å². The number of nitrogens with one attached hydrogen (secondary N) is 1. The van der Waals surface area contributed by atoms with Crippen LogP contribution in [0.3, 0.4) is 0 Å². The van der Waals surface area contributed by atoms with Crippen LogP contribution in [0.5, 0.6) is 0 Å². The molecule has 0 bridgehead atoms. The molecule has 0 saturated heterocycles. The van der Waals surface area contributed by atoms with Crippen molar-refractivity contribution >= 4 is 22.4 Å². The zero-order valence-electron chi connectivity index (χ0n) is 10.9. The fourth-order valence-electron chi connectivity index (χ4n) is 2.06. The van der Waals surface area contributed by atoms with Crippen LogP contribution in [0.15, 0.2) is 23.1 Å². The first-order chi connectivity index (χ1) is 8.78. The molecule has 1 saturated carbocycles. The number of rotatable bonds is 5. The van der Waals surface area contributed by atoms with Crippen molar-refractivity contribution in [3.63, 3.8) is 0 Å². The molecule has 0 radical (unpaired) electrons. The molecule has 20 heavy (non-hydrogen) atoms. The highest BCUT2D eigenvalue weighted by Crippen LogP contribution is 2.39. The molecule has 0 aliphatic heterocycles. The lowest BCUT2D eigenvalue weighted by Gasteiger charge is -2.29. The summed E-state index contributed by atoms with van der Waals surface area (Å²) < 4.78 is 53.3. The average molecular weight is 327 g/mol. The quantitative estimate of drug-likeness (QED) is 0.866. The molecule has 0 spiro atoms. The Kier molecular flexibility index (Phi) is 5.13. The second-order valence-corrected chi connectivity index (χ2v) is 6.73. The topological polar surface area (TPSA) is 72.2 Å². The summed E-state index contributed by atoms with van der Waals surface area (Å²) in [5.41, 5.74) is 4.78.